The van der Waals surface area contributed by atoms with E-state index in [1.165, 1.54) is 0 Å². The fraction of sp³-hybridized carbons (Fsp3) is 0. The first kappa shape index (κ1) is 20.4. The molecule has 0 amide bonds. The molecular formula is C9H7Cl3NOTi. The van der Waals surface area contributed by atoms with E-state index >= 15 is 0 Å². The Bertz CT molecular complexity index is 395. The van der Waals surface area contributed by atoms with Gasteiger partial charge in [-0.2, -0.15) is 0 Å². The average Bonchev–Trinajstić information content (AvgIpc) is 2.06. The SMILES string of the molecule is Oc1ccnc2ccccc12.[Cl-].[Cl-].[Cl-].[Ti+3]. The van der Waals surface area contributed by atoms with Gasteiger partial charge in [0, 0.05) is 11.6 Å². The minimum Gasteiger partial charge on any atom is -1.00 e. The van der Waals surface area contributed by atoms with Crippen molar-refractivity contribution in [3.63, 3.8) is 0 Å². The number of aromatic nitrogens is 1. The number of hydrogen-bond acceptors (Lipinski definition) is 2. The zero-order valence-corrected chi connectivity index (χ0v) is 11.3. The van der Waals surface area contributed by atoms with Crippen molar-refractivity contribution in [2.45, 2.75) is 0 Å². The fourth-order valence-electron chi connectivity index (χ4n) is 1.08. The normalized spacial score (nSPS) is 7.47. The summed E-state index contributed by atoms with van der Waals surface area (Å²) in [6.45, 7) is 0. The van der Waals surface area contributed by atoms with E-state index in [-0.39, 0.29) is 64.7 Å². The summed E-state index contributed by atoms with van der Waals surface area (Å²) in [5.41, 5.74) is 0.826. The van der Waals surface area contributed by atoms with Crippen LogP contribution in [0.2, 0.25) is 0 Å². The predicted octanol–water partition coefficient (Wildman–Crippen LogP) is -7.05. The van der Waals surface area contributed by atoms with Crippen LogP contribution in [0, 0.1) is 0 Å². The van der Waals surface area contributed by atoms with Crippen LogP contribution in [-0.2, 0) is 21.7 Å². The standard InChI is InChI=1S/C9H7NO.3ClH.Ti/c11-9-5-6-10-8-4-2-1-3-7(8)9;;;;/h1-6H,(H,10,11);3*1H;/q;;;;+3/p-3. The molecular weight excluding hydrogens is 292 g/mol. The van der Waals surface area contributed by atoms with Crippen LogP contribution in [-0.4, -0.2) is 10.1 Å². The molecule has 1 aromatic heterocycles. The van der Waals surface area contributed by atoms with Gasteiger partial charge in [0.25, 0.3) is 0 Å². The Morgan fingerprint density at radius 1 is 0.933 bits per heavy atom. The first-order chi connectivity index (χ1) is 5.38. The van der Waals surface area contributed by atoms with E-state index in [2.05, 4.69) is 4.98 Å². The Balaban J connectivity index is -0.000000360. The summed E-state index contributed by atoms with van der Waals surface area (Å²) in [5, 5.41) is 10.1. The van der Waals surface area contributed by atoms with Gasteiger partial charge in [0.15, 0.2) is 0 Å². The molecule has 6 heteroatoms. The molecule has 0 aliphatic heterocycles. The van der Waals surface area contributed by atoms with Gasteiger partial charge in [0.05, 0.1) is 5.52 Å². The summed E-state index contributed by atoms with van der Waals surface area (Å²) >= 11 is 0. The number of nitrogens with zero attached hydrogens (tertiary/aromatic N) is 1. The summed E-state index contributed by atoms with van der Waals surface area (Å²) < 4.78 is 0. The molecule has 0 saturated heterocycles. The topological polar surface area (TPSA) is 33.1 Å². The number of fused-ring (bicyclic) bond motifs is 1. The Morgan fingerprint density at radius 3 is 2.13 bits per heavy atom. The van der Waals surface area contributed by atoms with E-state index in [1.54, 1.807) is 12.3 Å². The summed E-state index contributed by atoms with van der Waals surface area (Å²) in [4.78, 5) is 4.08. The molecule has 0 fully saturated rings. The first-order valence-corrected chi connectivity index (χ1v) is 3.40. The average molecular weight is 299 g/mol. The Hall–Kier alpha value is 0.0143. The maximum atomic E-state index is 9.33. The van der Waals surface area contributed by atoms with Crippen molar-refractivity contribution in [2.75, 3.05) is 0 Å². The Morgan fingerprint density at radius 2 is 1.53 bits per heavy atom. The largest absolute Gasteiger partial charge is 3.00 e. The number of halogens is 3. The van der Waals surface area contributed by atoms with Gasteiger partial charge in [-0.3, -0.25) is 4.98 Å². The maximum Gasteiger partial charge on any atom is 3.00 e. The monoisotopic (exact) mass is 298 g/mol. The molecule has 2 nitrogen and oxygen atoms in total. The number of hydrogen-bond donors (Lipinski definition) is 1. The zero-order valence-electron chi connectivity index (χ0n) is 7.49. The number of benzene rings is 1. The van der Waals surface area contributed by atoms with Crippen LogP contribution < -0.4 is 37.2 Å². The number of rotatable bonds is 0. The summed E-state index contributed by atoms with van der Waals surface area (Å²) in [5.74, 6) is 0.288. The van der Waals surface area contributed by atoms with Crippen molar-refractivity contribution in [1.29, 1.82) is 0 Å². The fourth-order valence-corrected chi connectivity index (χ4v) is 1.08. The molecule has 2 aromatic rings. The third-order valence-corrected chi connectivity index (χ3v) is 1.63. The van der Waals surface area contributed by atoms with Gasteiger partial charge in [-0.1, -0.05) is 12.1 Å². The Kier molecular flexibility index (Phi) is 12.6. The second-order valence-corrected chi connectivity index (χ2v) is 2.35. The molecule has 2 rings (SSSR count). The number of pyridine rings is 1. The van der Waals surface area contributed by atoms with Gasteiger partial charge in [-0.05, 0) is 18.2 Å². The van der Waals surface area contributed by atoms with Gasteiger partial charge in [0.1, 0.15) is 5.75 Å². The first-order valence-electron chi connectivity index (χ1n) is 3.40. The predicted molar refractivity (Wildman–Crippen MR) is 43.4 cm³/mol. The second kappa shape index (κ2) is 9.26. The quantitative estimate of drug-likeness (QED) is 0.491. The summed E-state index contributed by atoms with van der Waals surface area (Å²) in [6.07, 6.45) is 1.59. The van der Waals surface area contributed by atoms with Gasteiger partial charge < -0.3 is 42.3 Å². The van der Waals surface area contributed by atoms with Gasteiger partial charge in [-0.15, -0.1) is 0 Å². The molecule has 1 N–H and O–H groups in total. The second-order valence-electron chi connectivity index (χ2n) is 2.35. The third-order valence-electron chi connectivity index (χ3n) is 1.63. The van der Waals surface area contributed by atoms with Crippen molar-refractivity contribution in [3.05, 3.63) is 36.5 Å². The van der Waals surface area contributed by atoms with E-state index in [9.17, 15) is 5.11 Å². The molecule has 0 bridgehead atoms. The molecule has 0 spiro atoms. The molecule has 1 radical (unpaired) electrons. The molecule has 0 atom stereocenters. The summed E-state index contributed by atoms with van der Waals surface area (Å²) in [7, 11) is 0. The maximum absolute atomic E-state index is 9.33. The molecule has 0 aliphatic rings. The van der Waals surface area contributed by atoms with Crippen molar-refractivity contribution >= 4 is 10.9 Å². The smallest absolute Gasteiger partial charge is 1.00 e. The van der Waals surface area contributed by atoms with E-state index in [0.717, 1.165) is 10.9 Å². The third kappa shape index (κ3) is 4.58. The molecule has 79 valence electrons. The molecule has 0 unspecified atom stereocenters. The van der Waals surface area contributed by atoms with Crippen LogP contribution in [0.1, 0.15) is 0 Å². The van der Waals surface area contributed by atoms with E-state index < -0.39 is 0 Å². The minimum atomic E-state index is 0. The van der Waals surface area contributed by atoms with E-state index in [1.807, 2.05) is 24.3 Å². The molecule has 1 aromatic carbocycles. The van der Waals surface area contributed by atoms with Crippen LogP contribution in [0.25, 0.3) is 10.9 Å². The van der Waals surface area contributed by atoms with Crippen LogP contribution >= 0.6 is 0 Å². The molecule has 1 heterocycles. The van der Waals surface area contributed by atoms with Crippen molar-refractivity contribution in [2.24, 2.45) is 0 Å². The molecule has 0 aliphatic carbocycles. The van der Waals surface area contributed by atoms with Crippen molar-refractivity contribution in [1.82, 2.24) is 4.98 Å². The molecule has 15 heavy (non-hydrogen) atoms. The summed E-state index contributed by atoms with van der Waals surface area (Å²) in [6, 6.07) is 9.08. The van der Waals surface area contributed by atoms with Gasteiger partial charge >= 0.3 is 21.7 Å². The minimum absolute atomic E-state index is 0. The van der Waals surface area contributed by atoms with Gasteiger partial charge in [0.2, 0.25) is 0 Å². The van der Waals surface area contributed by atoms with Crippen LogP contribution in [0.15, 0.2) is 36.5 Å². The van der Waals surface area contributed by atoms with Gasteiger partial charge in [-0.25, -0.2) is 0 Å². The van der Waals surface area contributed by atoms with Crippen LogP contribution in [0.5, 0.6) is 5.75 Å². The van der Waals surface area contributed by atoms with E-state index in [0.29, 0.717) is 0 Å². The van der Waals surface area contributed by atoms with Crippen molar-refractivity contribution in [3.8, 4) is 5.75 Å². The Labute approximate surface area is 122 Å². The number of para-hydroxylation sites is 1. The van der Waals surface area contributed by atoms with Crippen LogP contribution in [0.4, 0.5) is 0 Å². The van der Waals surface area contributed by atoms with E-state index in [4.69, 9.17) is 0 Å². The number of aromatic hydroxyl groups is 1. The van der Waals surface area contributed by atoms with Crippen molar-refractivity contribution < 1.29 is 64.0 Å². The zero-order chi connectivity index (χ0) is 7.68. The van der Waals surface area contributed by atoms with Crippen LogP contribution in [0.3, 0.4) is 0 Å². The molecule has 0 saturated carbocycles.